The number of nitrogens with one attached hydrogen (secondary N) is 1. The molecule has 1 aliphatic carbocycles. The number of benzene rings is 2. The maximum absolute atomic E-state index is 14.8. The molecule has 6 heteroatoms. The van der Waals surface area contributed by atoms with Crippen LogP contribution in [0.25, 0.3) is 11.0 Å². The summed E-state index contributed by atoms with van der Waals surface area (Å²) in [6.45, 7) is 3.17. The number of piperazine rings is 1. The van der Waals surface area contributed by atoms with E-state index in [-0.39, 0.29) is 5.82 Å². The Balaban J connectivity index is 1.34. The molecule has 0 spiro atoms. The monoisotopic (exact) mass is 393 g/mol. The number of hydrogen-bond acceptors (Lipinski definition) is 3. The van der Waals surface area contributed by atoms with Gasteiger partial charge in [0.05, 0.1) is 16.7 Å². The molecule has 2 aliphatic rings. The first-order chi connectivity index (χ1) is 13.7. The largest absolute Gasteiger partial charge is 0.368 e. The Morgan fingerprint density at radius 3 is 2.32 bits per heavy atom. The Morgan fingerprint density at radius 2 is 1.61 bits per heavy atom. The van der Waals surface area contributed by atoms with Crippen LogP contribution in [0.3, 0.4) is 0 Å². The zero-order chi connectivity index (χ0) is 19.1. The summed E-state index contributed by atoms with van der Waals surface area (Å²) >= 11 is 5.98. The van der Waals surface area contributed by atoms with E-state index in [4.69, 9.17) is 11.6 Å². The van der Waals surface area contributed by atoms with Gasteiger partial charge in [-0.2, -0.15) is 0 Å². The van der Waals surface area contributed by atoms with E-state index in [0.29, 0.717) is 5.69 Å². The average molecular weight is 394 g/mol. The van der Waals surface area contributed by atoms with E-state index in [1.165, 1.54) is 0 Å². The first-order valence-electron chi connectivity index (χ1n) is 9.34. The minimum atomic E-state index is -0.217. The zero-order valence-electron chi connectivity index (χ0n) is 15.2. The molecule has 1 saturated heterocycles. The molecule has 4 nitrogen and oxygen atoms in total. The van der Waals surface area contributed by atoms with Gasteiger partial charge in [-0.3, -0.25) is 0 Å². The maximum Gasteiger partial charge on any atom is 0.148 e. The minimum absolute atomic E-state index is 0.217. The van der Waals surface area contributed by atoms with Crippen LogP contribution in [0.15, 0.2) is 36.4 Å². The Hall–Kier alpha value is -2.27. The van der Waals surface area contributed by atoms with Crippen molar-refractivity contribution in [3.63, 3.8) is 0 Å². The molecule has 0 unspecified atom stereocenters. The molecule has 2 fully saturated rings. The molecule has 5 rings (SSSR count). The van der Waals surface area contributed by atoms with Gasteiger partial charge in [-0.15, -0.1) is 0 Å². The summed E-state index contributed by atoms with van der Waals surface area (Å²) in [4.78, 5) is 12.3. The van der Waals surface area contributed by atoms with Gasteiger partial charge >= 0.3 is 0 Å². The Morgan fingerprint density at radius 1 is 0.929 bits per heavy atom. The summed E-state index contributed by atoms with van der Waals surface area (Å²) in [5.74, 6) is 1.56. The van der Waals surface area contributed by atoms with Gasteiger partial charge < -0.3 is 14.8 Å². The van der Waals surface area contributed by atoms with E-state index in [9.17, 15) is 4.39 Å². The topological polar surface area (TPSA) is 35.2 Å². The van der Waals surface area contributed by atoms with E-state index in [1.807, 2.05) is 56.0 Å². The quantitative estimate of drug-likeness (QED) is 0.714. The lowest BCUT2D eigenvalue weighted by Gasteiger charge is -2.37. The lowest BCUT2D eigenvalue weighted by molar-refractivity contribution is 0.599. The molecule has 1 saturated carbocycles. The standard InChI is InChI=1S/C22H19ClFN4/c23-16-5-7-17(8-6-16)27-9-11-28(12-10-27)21-14-20-19(13-18(21)24)25-22(26-20)15-3-1-2-4-15/h1-8,13-14H,9-12H2,(H,25,26). The number of H-pyrrole nitrogens is 1. The van der Waals surface area contributed by atoms with Crippen molar-refractivity contribution in [2.45, 2.75) is 0 Å². The molecule has 5 radical (unpaired) electrons. The number of nitrogens with zero attached hydrogens (tertiary/aromatic N) is 3. The highest BCUT2D eigenvalue weighted by atomic mass is 35.5. The van der Waals surface area contributed by atoms with Crippen molar-refractivity contribution in [2.24, 2.45) is 0 Å². The first kappa shape index (κ1) is 17.8. The van der Waals surface area contributed by atoms with Gasteiger partial charge in [0.25, 0.3) is 0 Å². The zero-order valence-corrected chi connectivity index (χ0v) is 16.0. The van der Waals surface area contributed by atoms with Gasteiger partial charge in [0.2, 0.25) is 0 Å². The summed E-state index contributed by atoms with van der Waals surface area (Å²) in [6, 6.07) is 11.3. The van der Waals surface area contributed by atoms with Crippen LogP contribution in [0.4, 0.5) is 15.8 Å². The summed E-state index contributed by atoms with van der Waals surface area (Å²) in [5.41, 5.74) is 3.26. The van der Waals surface area contributed by atoms with Crippen molar-refractivity contribution in [2.75, 3.05) is 36.0 Å². The minimum Gasteiger partial charge on any atom is -0.368 e. The normalized spacial score (nSPS) is 18.4. The molecule has 0 bridgehead atoms. The number of hydrogen-bond donors (Lipinski definition) is 1. The maximum atomic E-state index is 14.8. The molecule has 2 aromatic carbocycles. The van der Waals surface area contributed by atoms with Gasteiger partial charge in [0.15, 0.2) is 0 Å². The number of fused-ring (bicyclic) bond motifs is 1. The van der Waals surface area contributed by atoms with Gasteiger partial charge in [-0.25, -0.2) is 9.37 Å². The van der Waals surface area contributed by atoms with E-state index >= 15 is 0 Å². The third-order valence-electron chi connectivity index (χ3n) is 5.30. The van der Waals surface area contributed by atoms with E-state index < -0.39 is 0 Å². The highest BCUT2D eigenvalue weighted by Gasteiger charge is 2.24. The molecule has 3 aromatic rings. The summed E-state index contributed by atoms with van der Waals surface area (Å²) in [5, 5.41) is 0.734. The van der Waals surface area contributed by atoms with E-state index in [2.05, 4.69) is 19.8 Å². The Kier molecular flexibility index (Phi) is 4.63. The molecule has 0 amide bonds. The average Bonchev–Trinajstić information content (AvgIpc) is 3.37. The number of rotatable bonds is 3. The number of imidazole rings is 1. The lowest BCUT2D eigenvalue weighted by atomic mass is 10.1. The van der Waals surface area contributed by atoms with Crippen molar-refractivity contribution in [1.29, 1.82) is 0 Å². The van der Waals surface area contributed by atoms with E-state index in [0.717, 1.165) is 59.7 Å². The molecule has 1 aromatic heterocycles. The number of aromatic amines is 1. The summed E-state index contributed by atoms with van der Waals surface area (Å²) in [7, 11) is 0. The first-order valence-corrected chi connectivity index (χ1v) is 9.72. The van der Waals surface area contributed by atoms with Crippen LogP contribution in [-0.4, -0.2) is 36.1 Å². The fraction of sp³-hybridized carbons (Fsp3) is 0.182. The second kappa shape index (κ2) is 7.28. The number of anilines is 2. The molecule has 141 valence electrons. The predicted octanol–water partition coefficient (Wildman–Crippen LogP) is 4.44. The molecule has 28 heavy (non-hydrogen) atoms. The Bertz CT molecular complexity index is 970. The number of aromatic nitrogens is 2. The second-order valence-corrected chi connectivity index (χ2v) is 7.47. The van der Waals surface area contributed by atoms with Crippen LogP contribution in [-0.2, 0) is 0 Å². The predicted molar refractivity (Wildman–Crippen MR) is 111 cm³/mol. The fourth-order valence-electron chi connectivity index (χ4n) is 3.79. The van der Waals surface area contributed by atoms with E-state index in [1.54, 1.807) is 6.07 Å². The Labute approximate surface area is 169 Å². The van der Waals surface area contributed by atoms with Crippen molar-refractivity contribution in [3.8, 4) is 0 Å². The molecule has 0 atom stereocenters. The second-order valence-electron chi connectivity index (χ2n) is 7.03. The van der Waals surface area contributed by atoms with Crippen molar-refractivity contribution >= 4 is 34.0 Å². The van der Waals surface area contributed by atoms with Crippen molar-refractivity contribution in [3.05, 3.63) is 84.7 Å². The van der Waals surface area contributed by atoms with Gasteiger partial charge in [0.1, 0.15) is 11.6 Å². The molecular weight excluding hydrogens is 375 g/mol. The number of halogens is 2. The smallest absolute Gasteiger partial charge is 0.148 e. The van der Waals surface area contributed by atoms with Crippen molar-refractivity contribution < 1.29 is 4.39 Å². The molecular formula is C22H19ClFN4. The van der Waals surface area contributed by atoms with Crippen LogP contribution in [0, 0.1) is 37.4 Å². The van der Waals surface area contributed by atoms with Gasteiger partial charge in [-0.1, -0.05) is 11.6 Å². The molecule has 1 N–H and O–H groups in total. The van der Waals surface area contributed by atoms with Gasteiger partial charge in [0, 0.05) is 48.9 Å². The van der Waals surface area contributed by atoms with Crippen LogP contribution in [0.5, 0.6) is 0 Å². The highest BCUT2D eigenvalue weighted by molar-refractivity contribution is 6.30. The van der Waals surface area contributed by atoms with Crippen LogP contribution < -0.4 is 9.80 Å². The lowest BCUT2D eigenvalue weighted by Crippen LogP contribution is -2.46. The van der Waals surface area contributed by atoms with Crippen LogP contribution in [0.1, 0.15) is 5.82 Å². The highest BCUT2D eigenvalue weighted by Crippen LogP contribution is 2.32. The third-order valence-corrected chi connectivity index (χ3v) is 5.55. The molecule has 2 heterocycles. The summed E-state index contributed by atoms with van der Waals surface area (Å²) < 4.78 is 14.8. The van der Waals surface area contributed by atoms with Gasteiger partial charge in [-0.05, 0) is 56.0 Å². The SMILES string of the molecule is Fc1cc2[nH]c([C]3[CH][CH][CH][CH]3)nc2cc1N1CCN(c2ccc(Cl)cc2)CC1. The third kappa shape index (κ3) is 3.32. The van der Waals surface area contributed by atoms with Crippen LogP contribution in [0.2, 0.25) is 5.02 Å². The van der Waals surface area contributed by atoms with Crippen molar-refractivity contribution in [1.82, 2.24) is 9.97 Å². The molecule has 1 aliphatic heterocycles. The van der Waals surface area contributed by atoms with Crippen LogP contribution >= 0.6 is 11.6 Å². The summed E-state index contributed by atoms with van der Waals surface area (Å²) in [6.07, 6.45) is 7.92. The fourth-order valence-corrected chi connectivity index (χ4v) is 3.91.